The Morgan fingerprint density at radius 3 is 2.39 bits per heavy atom. The van der Waals surface area contributed by atoms with E-state index in [0.29, 0.717) is 0 Å². The van der Waals surface area contributed by atoms with Gasteiger partial charge in [0.05, 0.1) is 11.7 Å². The lowest BCUT2D eigenvalue weighted by Gasteiger charge is -2.17. The largest absolute Gasteiger partial charge is 0.507 e. The van der Waals surface area contributed by atoms with E-state index in [1.165, 1.54) is 19.1 Å². The van der Waals surface area contributed by atoms with Crippen LogP contribution < -0.4 is 5.32 Å². The SMILES string of the molecule is Cc1ccc(C(=O)NC(C(=O)O)C(C)O)c(O)c1. The van der Waals surface area contributed by atoms with Crippen molar-refractivity contribution < 1.29 is 24.9 Å². The average molecular weight is 253 g/mol. The molecule has 6 heteroatoms. The van der Waals surface area contributed by atoms with Crippen molar-refractivity contribution >= 4 is 11.9 Å². The minimum atomic E-state index is -1.42. The van der Waals surface area contributed by atoms with Gasteiger partial charge in [-0.3, -0.25) is 4.79 Å². The van der Waals surface area contributed by atoms with Crippen LogP contribution in [-0.4, -0.2) is 39.3 Å². The summed E-state index contributed by atoms with van der Waals surface area (Å²) >= 11 is 0. The molecule has 4 N–H and O–H groups in total. The lowest BCUT2D eigenvalue weighted by atomic mass is 10.1. The van der Waals surface area contributed by atoms with Crippen LogP contribution in [-0.2, 0) is 4.79 Å². The Labute approximate surface area is 104 Å². The van der Waals surface area contributed by atoms with E-state index >= 15 is 0 Å². The normalized spacial score (nSPS) is 13.7. The van der Waals surface area contributed by atoms with Crippen LogP contribution in [0.15, 0.2) is 18.2 Å². The number of hydrogen-bond acceptors (Lipinski definition) is 4. The average Bonchev–Trinajstić information content (AvgIpc) is 2.24. The predicted octanol–water partition coefficient (Wildman–Crippen LogP) is 0.264. The van der Waals surface area contributed by atoms with Crippen molar-refractivity contribution in [3.63, 3.8) is 0 Å². The first-order chi connectivity index (χ1) is 8.32. The number of aryl methyl sites for hydroxylation is 1. The van der Waals surface area contributed by atoms with E-state index in [1.54, 1.807) is 13.0 Å². The first-order valence-corrected chi connectivity index (χ1v) is 5.34. The van der Waals surface area contributed by atoms with Gasteiger partial charge in [0.15, 0.2) is 6.04 Å². The highest BCUT2D eigenvalue weighted by atomic mass is 16.4. The van der Waals surface area contributed by atoms with E-state index in [2.05, 4.69) is 5.32 Å². The molecule has 6 nitrogen and oxygen atoms in total. The van der Waals surface area contributed by atoms with Gasteiger partial charge >= 0.3 is 5.97 Å². The second-order valence-corrected chi connectivity index (χ2v) is 4.05. The number of aliphatic carboxylic acids is 1. The molecule has 0 heterocycles. The van der Waals surface area contributed by atoms with Crippen molar-refractivity contribution in [1.29, 1.82) is 0 Å². The summed E-state index contributed by atoms with van der Waals surface area (Å²) in [5.74, 6) is -2.33. The van der Waals surface area contributed by atoms with Crippen molar-refractivity contribution in [2.24, 2.45) is 0 Å². The van der Waals surface area contributed by atoms with Gasteiger partial charge < -0.3 is 20.6 Å². The highest BCUT2D eigenvalue weighted by Gasteiger charge is 2.26. The van der Waals surface area contributed by atoms with Crippen LogP contribution in [0, 0.1) is 6.92 Å². The number of amides is 1. The predicted molar refractivity (Wildman–Crippen MR) is 63.4 cm³/mol. The van der Waals surface area contributed by atoms with Crippen LogP contribution in [0.25, 0.3) is 0 Å². The second-order valence-electron chi connectivity index (χ2n) is 4.05. The summed E-state index contributed by atoms with van der Waals surface area (Å²) in [7, 11) is 0. The Bertz CT molecular complexity index is 470. The van der Waals surface area contributed by atoms with Crippen LogP contribution in [0.2, 0.25) is 0 Å². The molecule has 1 aromatic carbocycles. The summed E-state index contributed by atoms with van der Waals surface area (Å²) in [5.41, 5.74) is 0.738. The first-order valence-electron chi connectivity index (χ1n) is 5.34. The molecule has 0 aliphatic rings. The van der Waals surface area contributed by atoms with Gasteiger partial charge in [-0.25, -0.2) is 4.79 Å². The van der Waals surface area contributed by atoms with Crippen LogP contribution in [0.1, 0.15) is 22.8 Å². The first kappa shape index (κ1) is 14.0. The zero-order valence-corrected chi connectivity index (χ0v) is 10.0. The molecule has 0 saturated heterocycles. The number of aromatic hydroxyl groups is 1. The van der Waals surface area contributed by atoms with Crippen molar-refractivity contribution in [2.75, 3.05) is 0 Å². The third-order valence-corrected chi connectivity index (χ3v) is 2.43. The second kappa shape index (κ2) is 5.50. The molecule has 0 radical (unpaired) electrons. The molecule has 0 bridgehead atoms. The number of nitrogens with one attached hydrogen (secondary N) is 1. The molecular weight excluding hydrogens is 238 g/mol. The standard InChI is InChI=1S/C12H15NO5/c1-6-3-4-8(9(15)5-6)11(16)13-10(7(2)14)12(17)18/h3-5,7,10,14-15H,1-2H3,(H,13,16)(H,17,18). The van der Waals surface area contributed by atoms with Crippen molar-refractivity contribution in [3.05, 3.63) is 29.3 Å². The molecule has 0 fully saturated rings. The third-order valence-electron chi connectivity index (χ3n) is 2.43. The minimum Gasteiger partial charge on any atom is -0.507 e. The van der Waals surface area contributed by atoms with Crippen molar-refractivity contribution in [1.82, 2.24) is 5.32 Å². The molecule has 0 spiro atoms. The summed E-state index contributed by atoms with van der Waals surface area (Å²) in [6, 6.07) is 2.99. The maximum atomic E-state index is 11.8. The van der Waals surface area contributed by atoms with E-state index < -0.39 is 24.0 Å². The smallest absolute Gasteiger partial charge is 0.328 e. The number of aliphatic hydroxyl groups is 1. The molecule has 2 atom stereocenters. The van der Waals surface area contributed by atoms with Gasteiger partial charge in [0, 0.05) is 0 Å². The van der Waals surface area contributed by atoms with Gasteiger partial charge in [-0.15, -0.1) is 0 Å². The Balaban J connectivity index is 2.91. The molecular formula is C12H15NO5. The molecule has 1 aromatic rings. The number of carboxylic acids is 1. The molecule has 98 valence electrons. The number of carboxylic acid groups (broad SMARTS) is 1. The molecule has 1 rings (SSSR count). The maximum Gasteiger partial charge on any atom is 0.328 e. The summed E-state index contributed by atoms with van der Waals surface area (Å²) in [6.45, 7) is 3.01. The van der Waals surface area contributed by atoms with Crippen LogP contribution in [0.5, 0.6) is 5.75 Å². The molecule has 0 aliphatic carbocycles. The Kier molecular flexibility index (Phi) is 4.28. The van der Waals surface area contributed by atoms with Gasteiger partial charge in [-0.1, -0.05) is 6.07 Å². The zero-order chi connectivity index (χ0) is 13.9. The fourth-order valence-electron chi connectivity index (χ4n) is 1.44. The van der Waals surface area contributed by atoms with Crippen LogP contribution >= 0.6 is 0 Å². The minimum absolute atomic E-state index is 0.0347. The van der Waals surface area contributed by atoms with Gasteiger partial charge in [-0.05, 0) is 31.5 Å². The molecule has 0 aromatic heterocycles. The number of carbonyl (C=O) groups excluding carboxylic acids is 1. The van der Waals surface area contributed by atoms with Gasteiger partial charge in [0.1, 0.15) is 5.75 Å². The Morgan fingerprint density at radius 2 is 1.94 bits per heavy atom. The molecule has 1 amide bonds. The van der Waals surface area contributed by atoms with Gasteiger partial charge in [0.25, 0.3) is 5.91 Å². The Hall–Kier alpha value is -2.08. The monoisotopic (exact) mass is 253 g/mol. The van der Waals surface area contributed by atoms with Gasteiger partial charge in [-0.2, -0.15) is 0 Å². The number of aliphatic hydroxyl groups excluding tert-OH is 1. The molecule has 18 heavy (non-hydrogen) atoms. The maximum absolute atomic E-state index is 11.8. The number of phenolic OH excluding ortho intramolecular Hbond substituents is 1. The van der Waals surface area contributed by atoms with Crippen molar-refractivity contribution in [2.45, 2.75) is 26.0 Å². The summed E-state index contributed by atoms with van der Waals surface area (Å²) in [4.78, 5) is 22.6. The molecule has 0 aliphatic heterocycles. The zero-order valence-electron chi connectivity index (χ0n) is 10.0. The number of rotatable bonds is 4. The topological polar surface area (TPSA) is 107 Å². The van der Waals surface area contributed by atoms with Crippen LogP contribution in [0.3, 0.4) is 0 Å². The van der Waals surface area contributed by atoms with Gasteiger partial charge in [0.2, 0.25) is 0 Å². The third kappa shape index (κ3) is 3.21. The highest BCUT2D eigenvalue weighted by Crippen LogP contribution is 2.18. The number of carbonyl (C=O) groups is 2. The van der Waals surface area contributed by atoms with E-state index in [4.69, 9.17) is 5.11 Å². The van der Waals surface area contributed by atoms with E-state index in [0.717, 1.165) is 5.56 Å². The quantitative estimate of drug-likeness (QED) is 0.616. The summed E-state index contributed by atoms with van der Waals surface area (Å²) in [6.07, 6.45) is -1.24. The summed E-state index contributed by atoms with van der Waals surface area (Å²) in [5, 5.41) is 29.8. The van der Waals surface area contributed by atoms with Crippen LogP contribution in [0.4, 0.5) is 0 Å². The highest BCUT2D eigenvalue weighted by molar-refractivity contribution is 5.99. The number of hydrogen-bond donors (Lipinski definition) is 4. The lowest BCUT2D eigenvalue weighted by molar-refractivity contribution is -0.141. The fourth-order valence-corrected chi connectivity index (χ4v) is 1.44. The van der Waals surface area contributed by atoms with E-state index in [1.807, 2.05) is 0 Å². The number of phenols is 1. The summed E-state index contributed by atoms with van der Waals surface area (Å²) < 4.78 is 0. The molecule has 2 unspecified atom stereocenters. The number of benzene rings is 1. The fraction of sp³-hybridized carbons (Fsp3) is 0.333. The lowest BCUT2D eigenvalue weighted by Crippen LogP contribution is -2.47. The molecule has 0 saturated carbocycles. The Morgan fingerprint density at radius 1 is 1.33 bits per heavy atom. The van der Waals surface area contributed by atoms with E-state index in [9.17, 15) is 19.8 Å². The van der Waals surface area contributed by atoms with Crippen molar-refractivity contribution in [3.8, 4) is 5.75 Å². The van der Waals surface area contributed by atoms with E-state index in [-0.39, 0.29) is 11.3 Å².